The van der Waals surface area contributed by atoms with Gasteiger partial charge in [-0.1, -0.05) is 46.6 Å². The van der Waals surface area contributed by atoms with Crippen molar-refractivity contribution in [1.29, 1.82) is 0 Å². The van der Waals surface area contributed by atoms with Crippen molar-refractivity contribution >= 4 is 15.9 Å². The van der Waals surface area contributed by atoms with Crippen molar-refractivity contribution in [2.75, 3.05) is 5.33 Å². The molecule has 0 nitrogen and oxygen atoms in total. The third-order valence-electron chi connectivity index (χ3n) is 3.47. The summed E-state index contributed by atoms with van der Waals surface area (Å²) in [5.41, 5.74) is 3.00. The summed E-state index contributed by atoms with van der Waals surface area (Å²) in [7, 11) is 0. The van der Waals surface area contributed by atoms with Gasteiger partial charge in [0.2, 0.25) is 0 Å². The molecule has 0 spiro atoms. The molecule has 1 heteroatoms. The molecule has 0 radical (unpaired) electrons. The third-order valence-corrected chi connectivity index (χ3v) is 4.17. The molecule has 1 aromatic rings. The molecule has 0 bridgehead atoms. The molecule has 1 atom stereocenters. The molecule has 0 aromatic heterocycles. The van der Waals surface area contributed by atoms with E-state index in [2.05, 4.69) is 47.1 Å². The van der Waals surface area contributed by atoms with Crippen LogP contribution in [0.1, 0.15) is 36.3 Å². The molecular weight excluding hydrogens is 236 g/mol. The molecule has 0 saturated heterocycles. The fraction of sp³-hybridized carbons (Fsp3) is 0.538. The van der Waals surface area contributed by atoms with E-state index >= 15 is 0 Å². The summed E-state index contributed by atoms with van der Waals surface area (Å²) < 4.78 is 0. The summed E-state index contributed by atoms with van der Waals surface area (Å²) in [6, 6.07) is 8.81. The number of alkyl halides is 1. The van der Waals surface area contributed by atoms with E-state index < -0.39 is 0 Å². The highest BCUT2D eigenvalue weighted by Gasteiger charge is 2.28. The molecule has 1 fully saturated rings. The highest BCUT2D eigenvalue weighted by Crippen LogP contribution is 2.41. The zero-order chi connectivity index (χ0) is 9.97. The van der Waals surface area contributed by atoms with Crippen LogP contribution in [0.2, 0.25) is 0 Å². The first-order chi connectivity index (χ1) is 6.83. The van der Waals surface area contributed by atoms with Gasteiger partial charge < -0.3 is 0 Å². The normalized spacial score (nSPS) is 19.0. The van der Waals surface area contributed by atoms with Crippen molar-refractivity contribution in [3.63, 3.8) is 0 Å². The Morgan fingerprint density at radius 3 is 2.57 bits per heavy atom. The quantitative estimate of drug-likeness (QED) is 0.705. The van der Waals surface area contributed by atoms with Crippen LogP contribution in [0.4, 0.5) is 0 Å². The molecule has 0 aliphatic heterocycles. The summed E-state index contributed by atoms with van der Waals surface area (Å²) in [5.74, 6) is 1.67. The highest BCUT2D eigenvalue weighted by atomic mass is 79.9. The summed E-state index contributed by atoms with van der Waals surface area (Å²) in [6.45, 7) is 2.23. The predicted octanol–water partition coefficient (Wildman–Crippen LogP) is 4.27. The summed E-state index contributed by atoms with van der Waals surface area (Å²) in [5, 5.41) is 1.11. The number of halogens is 1. The SMILES string of the molecule is Cc1ccccc1C(CBr)C1CCC1. The maximum atomic E-state index is 3.66. The van der Waals surface area contributed by atoms with Crippen LogP contribution in [0.5, 0.6) is 0 Å². The molecule has 0 heterocycles. The van der Waals surface area contributed by atoms with Gasteiger partial charge in [-0.05, 0) is 42.7 Å². The van der Waals surface area contributed by atoms with Crippen molar-refractivity contribution in [1.82, 2.24) is 0 Å². The average molecular weight is 253 g/mol. The van der Waals surface area contributed by atoms with E-state index in [-0.39, 0.29) is 0 Å². The van der Waals surface area contributed by atoms with E-state index in [9.17, 15) is 0 Å². The Hall–Kier alpha value is -0.300. The maximum absolute atomic E-state index is 3.66. The van der Waals surface area contributed by atoms with Crippen LogP contribution >= 0.6 is 15.9 Å². The molecule has 1 aliphatic rings. The van der Waals surface area contributed by atoms with Gasteiger partial charge >= 0.3 is 0 Å². The van der Waals surface area contributed by atoms with Crippen LogP contribution in [-0.2, 0) is 0 Å². The largest absolute Gasteiger partial charge is 0.0921 e. The highest BCUT2D eigenvalue weighted by molar-refractivity contribution is 9.09. The third kappa shape index (κ3) is 1.88. The van der Waals surface area contributed by atoms with Gasteiger partial charge in [-0.2, -0.15) is 0 Å². The van der Waals surface area contributed by atoms with Crippen LogP contribution in [0.3, 0.4) is 0 Å². The van der Waals surface area contributed by atoms with E-state index in [1.165, 1.54) is 24.8 Å². The summed E-state index contributed by atoms with van der Waals surface area (Å²) in [6.07, 6.45) is 4.27. The first kappa shape index (κ1) is 10.2. The topological polar surface area (TPSA) is 0 Å². The molecule has 1 aromatic carbocycles. The van der Waals surface area contributed by atoms with E-state index in [0.29, 0.717) is 0 Å². The second-order valence-electron chi connectivity index (χ2n) is 4.31. The van der Waals surface area contributed by atoms with Gasteiger partial charge in [-0.25, -0.2) is 0 Å². The smallest absolute Gasteiger partial charge is 0.0103 e. The molecule has 1 unspecified atom stereocenters. The molecule has 0 amide bonds. The van der Waals surface area contributed by atoms with E-state index in [1.54, 1.807) is 5.56 Å². The van der Waals surface area contributed by atoms with Crippen LogP contribution in [0.15, 0.2) is 24.3 Å². The van der Waals surface area contributed by atoms with Crippen molar-refractivity contribution in [3.8, 4) is 0 Å². The van der Waals surface area contributed by atoms with Gasteiger partial charge in [0.05, 0.1) is 0 Å². The number of benzene rings is 1. The van der Waals surface area contributed by atoms with Gasteiger partial charge in [0.25, 0.3) is 0 Å². The van der Waals surface area contributed by atoms with Crippen molar-refractivity contribution in [3.05, 3.63) is 35.4 Å². The molecular formula is C13H17Br. The van der Waals surface area contributed by atoms with Crippen LogP contribution in [0, 0.1) is 12.8 Å². The minimum Gasteiger partial charge on any atom is -0.0921 e. The lowest BCUT2D eigenvalue weighted by Crippen LogP contribution is -2.22. The molecule has 2 rings (SSSR count). The Morgan fingerprint density at radius 2 is 2.07 bits per heavy atom. The number of aryl methyl sites for hydroxylation is 1. The zero-order valence-corrected chi connectivity index (χ0v) is 10.3. The molecule has 76 valence electrons. The second kappa shape index (κ2) is 4.48. The fourth-order valence-electron chi connectivity index (χ4n) is 2.31. The Morgan fingerprint density at radius 1 is 1.36 bits per heavy atom. The fourth-order valence-corrected chi connectivity index (χ4v) is 3.19. The van der Waals surface area contributed by atoms with Gasteiger partial charge in [0, 0.05) is 5.33 Å². The number of rotatable bonds is 3. The number of hydrogen-bond donors (Lipinski definition) is 0. The van der Waals surface area contributed by atoms with Crippen LogP contribution in [0.25, 0.3) is 0 Å². The average Bonchev–Trinajstić information content (AvgIpc) is 2.12. The minimum absolute atomic E-state index is 0.741. The van der Waals surface area contributed by atoms with Gasteiger partial charge in [0.1, 0.15) is 0 Å². The lowest BCUT2D eigenvalue weighted by molar-refractivity contribution is 0.275. The second-order valence-corrected chi connectivity index (χ2v) is 4.96. The minimum atomic E-state index is 0.741. The van der Waals surface area contributed by atoms with E-state index in [4.69, 9.17) is 0 Å². The van der Waals surface area contributed by atoms with Crippen LogP contribution < -0.4 is 0 Å². The van der Waals surface area contributed by atoms with Gasteiger partial charge in [-0.15, -0.1) is 0 Å². The molecule has 0 N–H and O–H groups in total. The van der Waals surface area contributed by atoms with E-state index in [1.807, 2.05) is 0 Å². The van der Waals surface area contributed by atoms with Crippen molar-refractivity contribution in [2.24, 2.45) is 5.92 Å². The van der Waals surface area contributed by atoms with Crippen molar-refractivity contribution < 1.29 is 0 Å². The van der Waals surface area contributed by atoms with E-state index in [0.717, 1.165) is 17.2 Å². The first-order valence-electron chi connectivity index (χ1n) is 5.44. The molecule has 14 heavy (non-hydrogen) atoms. The zero-order valence-electron chi connectivity index (χ0n) is 8.67. The summed E-state index contributed by atoms with van der Waals surface area (Å²) in [4.78, 5) is 0. The maximum Gasteiger partial charge on any atom is 0.0103 e. The molecule has 1 saturated carbocycles. The lowest BCUT2D eigenvalue weighted by Gasteiger charge is -2.33. The predicted molar refractivity (Wildman–Crippen MR) is 65.1 cm³/mol. The van der Waals surface area contributed by atoms with Gasteiger partial charge in [0.15, 0.2) is 0 Å². The molecule has 1 aliphatic carbocycles. The standard InChI is InChI=1S/C13H17Br/c1-10-5-2-3-8-12(10)13(9-14)11-6-4-7-11/h2-3,5,8,11,13H,4,6-7,9H2,1H3. The van der Waals surface area contributed by atoms with Gasteiger partial charge in [-0.3, -0.25) is 0 Å². The Kier molecular flexibility index (Phi) is 3.27. The monoisotopic (exact) mass is 252 g/mol. The number of hydrogen-bond acceptors (Lipinski definition) is 0. The Balaban J connectivity index is 2.22. The Labute approximate surface area is 94.8 Å². The lowest BCUT2D eigenvalue weighted by atomic mass is 9.73. The Bertz CT molecular complexity index is 302. The van der Waals surface area contributed by atoms with Crippen molar-refractivity contribution in [2.45, 2.75) is 32.1 Å². The van der Waals surface area contributed by atoms with Crippen LogP contribution in [-0.4, -0.2) is 5.33 Å². The first-order valence-corrected chi connectivity index (χ1v) is 6.56. The summed E-state index contributed by atoms with van der Waals surface area (Å²) >= 11 is 3.66.